The van der Waals surface area contributed by atoms with Crippen molar-refractivity contribution in [2.75, 3.05) is 10.6 Å². The molecule has 0 spiro atoms. The van der Waals surface area contributed by atoms with Gasteiger partial charge in [0.05, 0.1) is 22.3 Å². The van der Waals surface area contributed by atoms with Crippen LogP contribution in [0.25, 0.3) is 5.69 Å². The predicted octanol–water partition coefficient (Wildman–Crippen LogP) is 4.34. The lowest BCUT2D eigenvalue weighted by atomic mass is 10.3. The number of para-hydroxylation sites is 2. The molecular formula is C22H21FN6O2S2. The summed E-state index contributed by atoms with van der Waals surface area (Å²) in [5.74, 6) is -0.723. The molecule has 170 valence electrons. The molecule has 0 saturated carbocycles. The molecule has 0 bridgehead atoms. The smallest absolute Gasteiger partial charge is 0.295 e. The molecule has 0 aliphatic heterocycles. The van der Waals surface area contributed by atoms with Crippen molar-refractivity contribution >= 4 is 45.5 Å². The van der Waals surface area contributed by atoms with Crippen LogP contribution in [0.5, 0.6) is 0 Å². The Hall–Kier alpha value is -3.44. The molecule has 2 N–H and O–H groups in total. The fraction of sp³-hybridized carbons (Fsp3) is 0.182. The quantitative estimate of drug-likeness (QED) is 0.379. The third-order valence-corrected chi connectivity index (χ3v) is 6.99. The van der Waals surface area contributed by atoms with Crippen LogP contribution in [0.15, 0.2) is 63.7 Å². The van der Waals surface area contributed by atoms with Gasteiger partial charge in [-0.2, -0.15) is 0 Å². The fourth-order valence-electron chi connectivity index (χ4n) is 3.13. The van der Waals surface area contributed by atoms with Crippen molar-refractivity contribution in [2.24, 2.45) is 7.05 Å². The highest BCUT2D eigenvalue weighted by molar-refractivity contribution is 8.02. The van der Waals surface area contributed by atoms with Crippen molar-refractivity contribution in [3.63, 3.8) is 0 Å². The maximum absolute atomic E-state index is 13.8. The van der Waals surface area contributed by atoms with E-state index in [1.807, 2.05) is 30.3 Å². The van der Waals surface area contributed by atoms with E-state index < -0.39 is 11.1 Å². The highest BCUT2D eigenvalue weighted by atomic mass is 32.2. The Kier molecular flexibility index (Phi) is 6.61. The monoisotopic (exact) mass is 484 g/mol. The molecule has 4 rings (SSSR count). The summed E-state index contributed by atoms with van der Waals surface area (Å²) < 4.78 is 17.6. The van der Waals surface area contributed by atoms with Crippen molar-refractivity contribution < 1.29 is 9.18 Å². The van der Waals surface area contributed by atoms with E-state index in [2.05, 4.69) is 20.8 Å². The Balaban J connectivity index is 1.45. The van der Waals surface area contributed by atoms with Crippen LogP contribution < -0.4 is 16.2 Å². The predicted molar refractivity (Wildman–Crippen MR) is 129 cm³/mol. The maximum Gasteiger partial charge on any atom is 0.295 e. The number of carbonyl (C=O) groups excluding carboxylic acids is 1. The molecule has 11 heteroatoms. The largest absolute Gasteiger partial charge is 0.328 e. The maximum atomic E-state index is 13.8. The number of rotatable bonds is 7. The van der Waals surface area contributed by atoms with Gasteiger partial charge in [-0.25, -0.2) is 9.07 Å². The summed E-state index contributed by atoms with van der Waals surface area (Å²) in [4.78, 5) is 25.8. The van der Waals surface area contributed by atoms with Gasteiger partial charge >= 0.3 is 0 Å². The molecule has 8 nitrogen and oxygen atoms in total. The van der Waals surface area contributed by atoms with Gasteiger partial charge < -0.3 is 10.6 Å². The van der Waals surface area contributed by atoms with Crippen LogP contribution in [0.3, 0.4) is 0 Å². The molecule has 1 unspecified atom stereocenters. The molecule has 2 aromatic carbocycles. The lowest BCUT2D eigenvalue weighted by Gasteiger charge is -2.09. The first-order valence-electron chi connectivity index (χ1n) is 10.0. The summed E-state index contributed by atoms with van der Waals surface area (Å²) in [6.07, 6.45) is 0. The second-order valence-corrected chi connectivity index (χ2v) is 9.73. The highest BCUT2D eigenvalue weighted by Gasteiger charge is 2.22. The number of hydrogen-bond acceptors (Lipinski definition) is 7. The Bertz CT molecular complexity index is 1350. The van der Waals surface area contributed by atoms with E-state index >= 15 is 0 Å². The minimum absolute atomic E-state index is 0.234. The summed E-state index contributed by atoms with van der Waals surface area (Å²) in [6.45, 7) is 3.50. The van der Waals surface area contributed by atoms with Crippen molar-refractivity contribution in [3.8, 4) is 5.69 Å². The van der Waals surface area contributed by atoms with Crippen LogP contribution in [-0.4, -0.2) is 30.7 Å². The van der Waals surface area contributed by atoms with Gasteiger partial charge in [0.25, 0.3) is 5.56 Å². The molecule has 1 atom stereocenters. The second-order valence-electron chi connectivity index (χ2n) is 7.16. The number of thioether (sulfide) groups is 1. The minimum Gasteiger partial charge on any atom is -0.328 e. The van der Waals surface area contributed by atoms with Crippen LogP contribution in [0.4, 0.5) is 20.9 Å². The van der Waals surface area contributed by atoms with E-state index in [4.69, 9.17) is 0 Å². The number of nitrogens with zero attached hydrogens (tertiary/aromatic N) is 4. The number of aromatic nitrogens is 4. The second kappa shape index (κ2) is 9.59. The van der Waals surface area contributed by atoms with E-state index in [0.717, 1.165) is 0 Å². The average molecular weight is 485 g/mol. The van der Waals surface area contributed by atoms with E-state index in [9.17, 15) is 14.0 Å². The zero-order valence-corrected chi connectivity index (χ0v) is 19.7. The van der Waals surface area contributed by atoms with Gasteiger partial charge in [0.1, 0.15) is 11.5 Å². The molecule has 2 aromatic heterocycles. The fourth-order valence-corrected chi connectivity index (χ4v) is 5.04. The SMILES string of the molecule is Cc1c(NC(=O)C(C)Sc2nnc(Nc3ccccc3F)s2)c(=O)n(-c2ccccc2)n1C. The van der Waals surface area contributed by atoms with Crippen LogP contribution in [0, 0.1) is 12.7 Å². The van der Waals surface area contributed by atoms with Crippen molar-refractivity contribution in [1.29, 1.82) is 0 Å². The number of anilines is 3. The van der Waals surface area contributed by atoms with Gasteiger partial charge in [0, 0.05) is 7.05 Å². The van der Waals surface area contributed by atoms with Crippen molar-refractivity contribution in [1.82, 2.24) is 19.6 Å². The molecule has 0 aliphatic carbocycles. The summed E-state index contributed by atoms with van der Waals surface area (Å²) in [5.41, 5.74) is 1.57. The number of hydrogen-bond donors (Lipinski definition) is 2. The first-order valence-corrected chi connectivity index (χ1v) is 11.7. The topological polar surface area (TPSA) is 93.8 Å². The third kappa shape index (κ3) is 4.83. The van der Waals surface area contributed by atoms with Gasteiger partial charge in [-0.1, -0.05) is 53.4 Å². The number of benzene rings is 2. The summed E-state index contributed by atoms with van der Waals surface area (Å²) in [7, 11) is 1.77. The molecule has 0 saturated heterocycles. The Labute approximate surface area is 197 Å². The summed E-state index contributed by atoms with van der Waals surface area (Å²) >= 11 is 2.42. The lowest BCUT2D eigenvalue weighted by molar-refractivity contribution is -0.115. The minimum atomic E-state index is -0.538. The van der Waals surface area contributed by atoms with Crippen LogP contribution in [-0.2, 0) is 11.8 Å². The summed E-state index contributed by atoms with van der Waals surface area (Å²) in [6, 6.07) is 15.5. The third-order valence-electron chi connectivity index (χ3n) is 4.97. The molecule has 1 amide bonds. The molecular weight excluding hydrogens is 463 g/mol. The van der Waals surface area contributed by atoms with E-state index in [1.165, 1.54) is 33.8 Å². The number of halogens is 1. The number of amides is 1. The van der Waals surface area contributed by atoms with Crippen LogP contribution in [0.1, 0.15) is 12.6 Å². The van der Waals surface area contributed by atoms with Crippen LogP contribution in [0.2, 0.25) is 0 Å². The van der Waals surface area contributed by atoms with Crippen molar-refractivity contribution in [2.45, 2.75) is 23.4 Å². The van der Waals surface area contributed by atoms with E-state index in [0.29, 0.717) is 26.5 Å². The van der Waals surface area contributed by atoms with Gasteiger partial charge in [-0.15, -0.1) is 10.2 Å². The Morgan fingerprint density at radius 1 is 1.12 bits per heavy atom. The number of carbonyl (C=O) groups is 1. The molecule has 0 fully saturated rings. The van der Waals surface area contributed by atoms with E-state index in [-0.39, 0.29) is 17.2 Å². The molecule has 0 radical (unpaired) electrons. The average Bonchev–Trinajstić information content (AvgIpc) is 3.33. The highest BCUT2D eigenvalue weighted by Crippen LogP contribution is 2.31. The Morgan fingerprint density at radius 2 is 1.82 bits per heavy atom. The Morgan fingerprint density at radius 3 is 2.55 bits per heavy atom. The first kappa shape index (κ1) is 22.7. The van der Waals surface area contributed by atoms with Crippen molar-refractivity contribution in [3.05, 3.63) is 76.5 Å². The van der Waals surface area contributed by atoms with Gasteiger partial charge in [-0.05, 0) is 38.1 Å². The molecule has 0 aliphatic rings. The zero-order valence-electron chi connectivity index (χ0n) is 18.1. The molecule has 2 heterocycles. The van der Waals surface area contributed by atoms with E-state index in [1.54, 1.807) is 43.8 Å². The lowest BCUT2D eigenvalue weighted by Crippen LogP contribution is -2.27. The zero-order chi connectivity index (χ0) is 23.5. The first-order chi connectivity index (χ1) is 15.8. The van der Waals surface area contributed by atoms with Gasteiger partial charge in [0.2, 0.25) is 11.0 Å². The van der Waals surface area contributed by atoms with Gasteiger partial charge in [0.15, 0.2) is 4.34 Å². The van der Waals surface area contributed by atoms with Gasteiger partial charge in [-0.3, -0.25) is 14.3 Å². The molecule has 4 aromatic rings. The van der Waals surface area contributed by atoms with Crippen LogP contribution >= 0.6 is 23.1 Å². The number of nitrogens with one attached hydrogen (secondary N) is 2. The molecule has 33 heavy (non-hydrogen) atoms. The standard InChI is InChI=1S/C22H21FN6O2S2/c1-13-18(20(31)29(28(13)3)15-9-5-4-6-10-15)25-19(30)14(2)32-22-27-26-21(33-22)24-17-12-8-7-11-16(17)23/h4-12,14H,1-3H3,(H,24,26)(H,25,30). The normalized spacial score (nSPS) is 11.9. The summed E-state index contributed by atoms with van der Waals surface area (Å²) in [5, 5.41) is 13.6.